The average Bonchev–Trinajstić information content (AvgIpc) is 2.80. The molecule has 0 saturated carbocycles. The van der Waals surface area contributed by atoms with Crippen LogP contribution in [0.2, 0.25) is 0 Å². The predicted octanol–water partition coefficient (Wildman–Crippen LogP) is 3.38. The lowest BCUT2D eigenvalue weighted by Crippen LogP contribution is -1.98. The molecule has 1 aromatic carbocycles. The lowest BCUT2D eigenvalue weighted by atomic mass is 10.2. The van der Waals surface area contributed by atoms with Gasteiger partial charge in [-0.1, -0.05) is 33.6 Å². The standard InChI is InChI=1S/C14H12BrN3O/c1-10-2-4-12(5-3-10)19-9-13-16-14-8-11(15)6-7-18(14)17-13/h2-8H,9H2,1H3. The quantitative estimate of drug-likeness (QED) is 0.743. The van der Waals surface area contributed by atoms with E-state index in [0.717, 1.165) is 15.9 Å². The van der Waals surface area contributed by atoms with Crippen molar-refractivity contribution in [3.05, 3.63) is 58.5 Å². The normalized spacial score (nSPS) is 10.8. The van der Waals surface area contributed by atoms with E-state index in [1.54, 1.807) is 4.52 Å². The van der Waals surface area contributed by atoms with Gasteiger partial charge in [0.1, 0.15) is 12.4 Å². The molecule has 0 amide bonds. The molecule has 0 bridgehead atoms. The van der Waals surface area contributed by atoms with Crippen molar-refractivity contribution >= 4 is 21.6 Å². The Bertz CT molecular complexity index is 706. The molecule has 2 aromatic heterocycles. The van der Waals surface area contributed by atoms with Crippen LogP contribution in [0.25, 0.3) is 5.65 Å². The van der Waals surface area contributed by atoms with Crippen LogP contribution in [0.4, 0.5) is 0 Å². The largest absolute Gasteiger partial charge is 0.486 e. The molecule has 3 aromatic rings. The average molecular weight is 318 g/mol. The number of aryl methyl sites for hydroxylation is 1. The van der Waals surface area contributed by atoms with Gasteiger partial charge in [0.05, 0.1) is 0 Å². The molecule has 0 N–H and O–H groups in total. The lowest BCUT2D eigenvalue weighted by molar-refractivity contribution is 0.296. The van der Waals surface area contributed by atoms with Gasteiger partial charge < -0.3 is 4.74 Å². The summed E-state index contributed by atoms with van der Waals surface area (Å²) in [7, 11) is 0. The Hall–Kier alpha value is -1.88. The van der Waals surface area contributed by atoms with Crippen LogP contribution in [-0.2, 0) is 6.61 Å². The lowest BCUT2D eigenvalue weighted by Gasteiger charge is -2.03. The van der Waals surface area contributed by atoms with Crippen molar-refractivity contribution in [2.24, 2.45) is 0 Å². The van der Waals surface area contributed by atoms with Gasteiger partial charge in [-0.3, -0.25) is 0 Å². The van der Waals surface area contributed by atoms with Crippen molar-refractivity contribution in [2.45, 2.75) is 13.5 Å². The number of benzene rings is 1. The Labute approximate surface area is 119 Å². The predicted molar refractivity (Wildman–Crippen MR) is 76.2 cm³/mol. The molecule has 4 nitrogen and oxygen atoms in total. The van der Waals surface area contributed by atoms with Gasteiger partial charge in [0.15, 0.2) is 11.5 Å². The highest BCUT2D eigenvalue weighted by Crippen LogP contribution is 2.14. The van der Waals surface area contributed by atoms with Crippen LogP contribution in [-0.4, -0.2) is 14.6 Å². The van der Waals surface area contributed by atoms with Crippen molar-refractivity contribution in [1.82, 2.24) is 14.6 Å². The van der Waals surface area contributed by atoms with Crippen LogP contribution in [0, 0.1) is 6.92 Å². The smallest absolute Gasteiger partial charge is 0.189 e. The zero-order chi connectivity index (χ0) is 13.2. The van der Waals surface area contributed by atoms with E-state index >= 15 is 0 Å². The summed E-state index contributed by atoms with van der Waals surface area (Å²) in [5.41, 5.74) is 2.01. The third kappa shape index (κ3) is 2.76. The SMILES string of the molecule is Cc1ccc(OCc2nc3cc(Br)ccn3n2)cc1. The molecule has 0 saturated heterocycles. The molecule has 2 heterocycles. The molecule has 0 spiro atoms. The van der Waals surface area contributed by atoms with Crippen molar-refractivity contribution in [3.63, 3.8) is 0 Å². The molecule has 96 valence electrons. The fourth-order valence-corrected chi connectivity index (χ4v) is 2.07. The number of rotatable bonds is 3. The van der Waals surface area contributed by atoms with E-state index in [2.05, 4.69) is 26.0 Å². The molecule has 3 rings (SSSR count). The number of fused-ring (bicyclic) bond motifs is 1. The van der Waals surface area contributed by atoms with E-state index in [0.29, 0.717) is 12.4 Å². The topological polar surface area (TPSA) is 39.4 Å². The molecule has 0 aliphatic heterocycles. The monoisotopic (exact) mass is 317 g/mol. The second-order valence-electron chi connectivity index (χ2n) is 4.28. The summed E-state index contributed by atoms with van der Waals surface area (Å²) in [5, 5.41) is 4.35. The molecule has 0 fully saturated rings. The zero-order valence-electron chi connectivity index (χ0n) is 10.4. The molecule has 0 atom stereocenters. The third-order valence-electron chi connectivity index (χ3n) is 2.73. The number of hydrogen-bond acceptors (Lipinski definition) is 3. The van der Waals surface area contributed by atoms with Crippen molar-refractivity contribution < 1.29 is 4.74 Å². The van der Waals surface area contributed by atoms with E-state index in [9.17, 15) is 0 Å². The molecule has 0 radical (unpaired) electrons. The van der Waals surface area contributed by atoms with Gasteiger partial charge >= 0.3 is 0 Å². The fourth-order valence-electron chi connectivity index (χ4n) is 1.75. The Kier molecular flexibility index (Phi) is 3.21. The van der Waals surface area contributed by atoms with Crippen LogP contribution in [0.1, 0.15) is 11.4 Å². The Balaban J connectivity index is 1.76. The summed E-state index contributed by atoms with van der Waals surface area (Å²) in [5.74, 6) is 1.49. The molecular formula is C14H12BrN3O. The molecule has 0 aliphatic carbocycles. The van der Waals surface area contributed by atoms with Crippen molar-refractivity contribution in [2.75, 3.05) is 0 Å². The highest BCUT2D eigenvalue weighted by molar-refractivity contribution is 9.10. The summed E-state index contributed by atoms with van der Waals surface area (Å²) in [4.78, 5) is 4.40. The van der Waals surface area contributed by atoms with Gasteiger partial charge in [0.25, 0.3) is 0 Å². The second-order valence-corrected chi connectivity index (χ2v) is 5.19. The number of hydrogen-bond donors (Lipinski definition) is 0. The first-order chi connectivity index (χ1) is 9.20. The molecule has 19 heavy (non-hydrogen) atoms. The highest BCUT2D eigenvalue weighted by atomic mass is 79.9. The van der Waals surface area contributed by atoms with E-state index in [1.165, 1.54) is 5.56 Å². The first-order valence-corrected chi connectivity index (χ1v) is 6.70. The van der Waals surface area contributed by atoms with Crippen LogP contribution >= 0.6 is 15.9 Å². The maximum atomic E-state index is 5.66. The Morgan fingerprint density at radius 3 is 2.79 bits per heavy atom. The first-order valence-electron chi connectivity index (χ1n) is 5.91. The molecule has 5 heteroatoms. The molecular weight excluding hydrogens is 306 g/mol. The minimum Gasteiger partial charge on any atom is -0.486 e. The van der Waals surface area contributed by atoms with Crippen molar-refractivity contribution in [3.8, 4) is 5.75 Å². The van der Waals surface area contributed by atoms with E-state index in [-0.39, 0.29) is 0 Å². The number of aromatic nitrogens is 3. The third-order valence-corrected chi connectivity index (χ3v) is 3.23. The first kappa shape index (κ1) is 12.2. The van der Waals surface area contributed by atoms with Gasteiger partial charge in [-0.05, 0) is 31.2 Å². The fraction of sp³-hybridized carbons (Fsp3) is 0.143. The van der Waals surface area contributed by atoms with Crippen LogP contribution in [0.5, 0.6) is 5.75 Å². The maximum absolute atomic E-state index is 5.66. The molecule has 0 unspecified atom stereocenters. The van der Waals surface area contributed by atoms with Gasteiger partial charge in [-0.25, -0.2) is 9.50 Å². The van der Waals surface area contributed by atoms with Crippen LogP contribution in [0.15, 0.2) is 47.1 Å². The van der Waals surface area contributed by atoms with Crippen LogP contribution in [0.3, 0.4) is 0 Å². The maximum Gasteiger partial charge on any atom is 0.189 e. The minimum absolute atomic E-state index is 0.363. The minimum atomic E-state index is 0.363. The van der Waals surface area contributed by atoms with Gasteiger partial charge in [0, 0.05) is 10.7 Å². The van der Waals surface area contributed by atoms with E-state index < -0.39 is 0 Å². The zero-order valence-corrected chi connectivity index (χ0v) is 12.0. The summed E-state index contributed by atoms with van der Waals surface area (Å²) in [6, 6.07) is 11.8. The summed E-state index contributed by atoms with van der Waals surface area (Å²) in [6.45, 7) is 2.41. The Morgan fingerprint density at radius 2 is 2.00 bits per heavy atom. The number of halogens is 1. The number of nitrogens with zero attached hydrogens (tertiary/aromatic N) is 3. The second kappa shape index (κ2) is 5.01. The van der Waals surface area contributed by atoms with Gasteiger partial charge in [-0.15, -0.1) is 5.10 Å². The van der Waals surface area contributed by atoms with Crippen LogP contribution < -0.4 is 4.74 Å². The highest BCUT2D eigenvalue weighted by Gasteiger charge is 2.04. The Morgan fingerprint density at radius 1 is 1.21 bits per heavy atom. The van der Waals surface area contributed by atoms with Crippen molar-refractivity contribution in [1.29, 1.82) is 0 Å². The van der Waals surface area contributed by atoms with Gasteiger partial charge in [-0.2, -0.15) is 0 Å². The van der Waals surface area contributed by atoms with E-state index in [4.69, 9.17) is 4.74 Å². The summed E-state index contributed by atoms with van der Waals surface area (Å²) < 4.78 is 8.38. The van der Waals surface area contributed by atoms with Gasteiger partial charge in [0.2, 0.25) is 0 Å². The number of pyridine rings is 1. The molecule has 0 aliphatic rings. The summed E-state index contributed by atoms with van der Waals surface area (Å²) >= 11 is 3.41. The summed E-state index contributed by atoms with van der Waals surface area (Å²) in [6.07, 6.45) is 1.86. The number of ether oxygens (including phenoxy) is 1. The van der Waals surface area contributed by atoms with E-state index in [1.807, 2.05) is 49.5 Å².